The Bertz CT molecular complexity index is 587. The molecule has 0 aliphatic rings. The van der Waals surface area contributed by atoms with Crippen LogP contribution in [0.4, 0.5) is 0 Å². The molecule has 1 unspecified atom stereocenters. The molecule has 1 amide bonds. The van der Waals surface area contributed by atoms with Gasteiger partial charge in [-0.1, -0.05) is 13.8 Å². The van der Waals surface area contributed by atoms with Gasteiger partial charge in [0.25, 0.3) is 5.91 Å². The Hall–Kier alpha value is -1.20. The van der Waals surface area contributed by atoms with Crippen LogP contribution in [-0.2, 0) is 12.8 Å². The highest BCUT2D eigenvalue weighted by Gasteiger charge is 2.17. The molecule has 2 aromatic rings. The third-order valence-corrected chi connectivity index (χ3v) is 5.04. The predicted molar refractivity (Wildman–Crippen MR) is 90.3 cm³/mol. The molecular weight excluding hydrogens is 300 g/mol. The van der Waals surface area contributed by atoms with Gasteiger partial charge in [0.05, 0.1) is 10.7 Å². The van der Waals surface area contributed by atoms with E-state index in [4.69, 9.17) is 0 Å². The van der Waals surface area contributed by atoms with Crippen molar-refractivity contribution in [2.24, 2.45) is 5.92 Å². The van der Waals surface area contributed by atoms with Gasteiger partial charge in [-0.3, -0.25) is 4.79 Å². The van der Waals surface area contributed by atoms with Crippen molar-refractivity contribution in [2.45, 2.75) is 46.6 Å². The number of carbonyl (C=O) groups excluding carboxylic acids is 1. The third kappa shape index (κ3) is 4.64. The molecule has 0 saturated carbocycles. The first-order chi connectivity index (χ1) is 9.95. The van der Waals surface area contributed by atoms with Gasteiger partial charge in [-0.25, -0.2) is 4.98 Å². The first-order valence-corrected chi connectivity index (χ1v) is 9.00. The number of thiophene rings is 1. The van der Waals surface area contributed by atoms with Crippen LogP contribution in [0.2, 0.25) is 0 Å². The molecule has 0 radical (unpaired) electrons. The van der Waals surface area contributed by atoms with Crippen molar-refractivity contribution in [1.29, 1.82) is 0 Å². The van der Waals surface area contributed by atoms with Crippen LogP contribution in [0.25, 0.3) is 0 Å². The fraction of sp³-hybridized carbons (Fsp3) is 0.500. The Morgan fingerprint density at radius 3 is 2.71 bits per heavy atom. The van der Waals surface area contributed by atoms with E-state index in [1.165, 1.54) is 16.9 Å². The molecule has 1 N–H and O–H groups in total. The SMILES string of the molecule is Cc1nc(CC(C)C)sc1C(=O)NC(C)Cc1ccsc1. The average molecular weight is 322 g/mol. The molecule has 114 valence electrons. The smallest absolute Gasteiger partial charge is 0.263 e. The van der Waals surface area contributed by atoms with Crippen molar-refractivity contribution >= 4 is 28.6 Å². The fourth-order valence-electron chi connectivity index (χ4n) is 2.20. The summed E-state index contributed by atoms with van der Waals surface area (Å²) in [6, 6.07) is 2.23. The molecule has 5 heteroatoms. The molecule has 0 saturated heterocycles. The Kier molecular flexibility index (Phi) is 5.53. The number of hydrogen-bond acceptors (Lipinski definition) is 4. The summed E-state index contributed by atoms with van der Waals surface area (Å²) < 4.78 is 0. The maximum absolute atomic E-state index is 12.4. The molecular formula is C16H22N2OS2. The van der Waals surface area contributed by atoms with Gasteiger partial charge >= 0.3 is 0 Å². The highest BCUT2D eigenvalue weighted by molar-refractivity contribution is 7.13. The number of nitrogens with zero attached hydrogens (tertiary/aromatic N) is 1. The van der Waals surface area contributed by atoms with E-state index in [9.17, 15) is 4.79 Å². The minimum atomic E-state index is 0.00253. The topological polar surface area (TPSA) is 42.0 Å². The molecule has 21 heavy (non-hydrogen) atoms. The van der Waals surface area contributed by atoms with Crippen molar-refractivity contribution in [3.05, 3.63) is 38.0 Å². The van der Waals surface area contributed by atoms with Crippen LogP contribution in [-0.4, -0.2) is 16.9 Å². The Balaban J connectivity index is 1.97. The quantitative estimate of drug-likeness (QED) is 0.871. The van der Waals surface area contributed by atoms with E-state index in [2.05, 4.69) is 41.0 Å². The maximum atomic E-state index is 12.4. The molecule has 0 spiro atoms. The zero-order chi connectivity index (χ0) is 15.4. The van der Waals surface area contributed by atoms with Crippen LogP contribution in [0.5, 0.6) is 0 Å². The number of carbonyl (C=O) groups is 1. The first-order valence-electron chi connectivity index (χ1n) is 7.24. The largest absolute Gasteiger partial charge is 0.348 e. The van der Waals surface area contributed by atoms with Crippen LogP contribution in [0.3, 0.4) is 0 Å². The number of thiazole rings is 1. The lowest BCUT2D eigenvalue weighted by molar-refractivity contribution is 0.0943. The highest BCUT2D eigenvalue weighted by Crippen LogP contribution is 2.21. The Morgan fingerprint density at radius 2 is 2.10 bits per heavy atom. The molecule has 2 heterocycles. The normalized spacial score (nSPS) is 12.6. The van der Waals surface area contributed by atoms with Crippen LogP contribution < -0.4 is 5.32 Å². The lowest BCUT2D eigenvalue weighted by Crippen LogP contribution is -2.33. The van der Waals surface area contributed by atoms with Crippen molar-refractivity contribution in [1.82, 2.24) is 10.3 Å². The van der Waals surface area contributed by atoms with Gasteiger partial charge in [-0.2, -0.15) is 11.3 Å². The van der Waals surface area contributed by atoms with Gasteiger partial charge < -0.3 is 5.32 Å². The number of aromatic nitrogens is 1. The van der Waals surface area contributed by atoms with Gasteiger partial charge in [0.1, 0.15) is 4.88 Å². The summed E-state index contributed by atoms with van der Waals surface area (Å²) in [6.45, 7) is 8.29. The molecule has 1 atom stereocenters. The van der Waals surface area contributed by atoms with Crippen molar-refractivity contribution < 1.29 is 4.79 Å². The monoisotopic (exact) mass is 322 g/mol. The van der Waals surface area contributed by atoms with Crippen LogP contribution in [0.15, 0.2) is 16.8 Å². The molecule has 2 rings (SSSR count). The van der Waals surface area contributed by atoms with Crippen LogP contribution in [0.1, 0.15) is 46.7 Å². The molecule has 2 aromatic heterocycles. The minimum Gasteiger partial charge on any atom is -0.348 e. The summed E-state index contributed by atoms with van der Waals surface area (Å²) in [6.07, 6.45) is 1.80. The summed E-state index contributed by atoms with van der Waals surface area (Å²) in [4.78, 5) is 17.6. The highest BCUT2D eigenvalue weighted by atomic mass is 32.1. The van der Waals surface area contributed by atoms with E-state index in [-0.39, 0.29) is 11.9 Å². The number of amides is 1. The summed E-state index contributed by atoms with van der Waals surface area (Å²) in [5.74, 6) is 0.562. The van der Waals surface area contributed by atoms with E-state index in [0.29, 0.717) is 5.92 Å². The van der Waals surface area contributed by atoms with E-state index in [1.54, 1.807) is 11.3 Å². The summed E-state index contributed by atoms with van der Waals surface area (Å²) in [5.41, 5.74) is 2.12. The second kappa shape index (κ2) is 7.18. The standard InChI is InChI=1S/C16H22N2OS2/c1-10(2)7-14-18-12(4)15(21-14)16(19)17-11(3)8-13-5-6-20-9-13/h5-6,9-11H,7-8H2,1-4H3,(H,17,19). The Labute approximate surface area is 134 Å². The van der Waals surface area contributed by atoms with E-state index >= 15 is 0 Å². The summed E-state index contributed by atoms with van der Waals surface area (Å²) >= 11 is 3.21. The number of aryl methyl sites for hydroxylation is 1. The zero-order valence-corrected chi connectivity index (χ0v) is 14.6. The van der Waals surface area contributed by atoms with Gasteiger partial charge in [0.15, 0.2) is 0 Å². The van der Waals surface area contributed by atoms with Crippen molar-refractivity contribution in [3.63, 3.8) is 0 Å². The number of nitrogens with one attached hydrogen (secondary N) is 1. The third-order valence-electron chi connectivity index (χ3n) is 3.13. The van der Waals surface area contributed by atoms with Crippen molar-refractivity contribution in [3.8, 4) is 0 Å². The van der Waals surface area contributed by atoms with Gasteiger partial charge in [0, 0.05) is 12.5 Å². The van der Waals surface area contributed by atoms with Gasteiger partial charge in [0.2, 0.25) is 0 Å². The van der Waals surface area contributed by atoms with Crippen LogP contribution in [0, 0.1) is 12.8 Å². The lowest BCUT2D eigenvalue weighted by atomic mass is 10.1. The van der Waals surface area contributed by atoms with Crippen LogP contribution >= 0.6 is 22.7 Å². The maximum Gasteiger partial charge on any atom is 0.263 e. The lowest BCUT2D eigenvalue weighted by Gasteiger charge is -2.12. The number of rotatable bonds is 6. The summed E-state index contributed by atoms with van der Waals surface area (Å²) in [5, 5.41) is 8.32. The molecule has 0 aliphatic carbocycles. The summed E-state index contributed by atoms with van der Waals surface area (Å²) in [7, 11) is 0. The Morgan fingerprint density at radius 1 is 1.33 bits per heavy atom. The molecule has 0 bridgehead atoms. The molecule has 0 aromatic carbocycles. The van der Waals surface area contributed by atoms with E-state index in [1.807, 2.05) is 13.8 Å². The fourth-order valence-corrected chi connectivity index (χ4v) is 4.06. The minimum absolute atomic E-state index is 0.00253. The predicted octanol–water partition coefficient (Wildman–Crippen LogP) is 4.07. The van der Waals surface area contributed by atoms with Gasteiger partial charge in [-0.15, -0.1) is 11.3 Å². The van der Waals surface area contributed by atoms with E-state index in [0.717, 1.165) is 28.4 Å². The number of hydrogen-bond donors (Lipinski definition) is 1. The van der Waals surface area contributed by atoms with Crippen molar-refractivity contribution in [2.75, 3.05) is 0 Å². The second-order valence-corrected chi connectivity index (χ2v) is 7.69. The zero-order valence-electron chi connectivity index (χ0n) is 13.0. The second-order valence-electron chi connectivity index (χ2n) is 5.83. The average Bonchev–Trinajstić information content (AvgIpc) is 2.98. The molecule has 3 nitrogen and oxygen atoms in total. The first kappa shape index (κ1) is 16.2. The van der Waals surface area contributed by atoms with Gasteiger partial charge in [-0.05, 0) is 48.6 Å². The van der Waals surface area contributed by atoms with E-state index < -0.39 is 0 Å². The molecule has 0 aliphatic heterocycles. The molecule has 0 fully saturated rings.